The van der Waals surface area contributed by atoms with Crippen molar-refractivity contribution in [3.63, 3.8) is 0 Å². The average molecular weight is 300 g/mol. The highest BCUT2D eigenvalue weighted by atomic mass is 19.4. The van der Waals surface area contributed by atoms with Crippen molar-refractivity contribution >= 4 is 5.69 Å². The Hall–Kier alpha value is -1.23. The molecule has 1 aromatic carbocycles. The van der Waals surface area contributed by atoms with Crippen LogP contribution in [0.3, 0.4) is 0 Å². The van der Waals surface area contributed by atoms with Crippen LogP contribution in [0, 0.1) is 5.92 Å². The van der Waals surface area contributed by atoms with Crippen LogP contribution in [0.25, 0.3) is 0 Å². The molecule has 0 aliphatic carbocycles. The molecule has 1 N–H and O–H groups in total. The Balaban J connectivity index is 1.92. The Labute approximate surface area is 124 Å². The number of benzene rings is 1. The van der Waals surface area contributed by atoms with E-state index in [1.54, 1.807) is 12.1 Å². The lowest BCUT2D eigenvalue weighted by Crippen LogP contribution is -2.39. The van der Waals surface area contributed by atoms with E-state index < -0.39 is 11.7 Å². The van der Waals surface area contributed by atoms with E-state index in [-0.39, 0.29) is 5.54 Å². The van der Waals surface area contributed by atoms with Crippen LogP contribution in [-0.4, -0.2) is 25.2 Å². The number of alkyl halides is 3. The van der Waals surface area contributed by atoms with Gasteiger partial charge in [-0.05, 0) is 57.4 Å². The van der Waals surface area contributed by atoms with Crippen molar-refractivity contribution in [1.29, 1.82) is 0 Å². The van der Waals surface area contributed by atoms with E-state index in [1.807, 2.05) is 0 Å². The molecule has 1 unspecified atom stereocenters. The van der Waals surface area contributed by atoms with Gasteiger partial charge in [0.15, 0.2) is 0 Å². The minimum absolute atomic E-state index is 0.0990. The molecule has 0 amide bonds. The minimum atomic E-state index is -4.26. The lowest BCUT2D eigenvalue weighted by molar-refractivity contribution is -0.137. The molecule has 0 saturated carbocycles. The van der Waals surface area contributed by atoms with Crippen molar-refractivity contribution in [1.82, 2.24) is 5.32 Å². The monoisotopic (exact) mass is 300 g/mol. The summed E-state index contributed by atoms with van der Waals surface area (Å²) in [5.74, 6) is 0.548. The lowest BCUT2D eigenvalue weighted by Gasteiger charge is -2.24. The van der Waals surface area contributed by atoms with Gasteiger partial charge in [0, 0.05) is 30.9 Å². The summed E-state index contributed by atoms with van der Waals surface area (Å²) in [6.07, 6.45) is -3.19. The van der Waals surface area contributed by atoms with Crippen molar-refractivity contribution in [2.45, 2.75) is 38.9 Å². The summed E-state index contributed by atoms with van der Waals surface area (Å²) < 4.78 is 37.6. The number of rotatable bonds is 3. The van der Waals surface area contributed by atoms with Crippen molar-refractivity contribution in [3.05, 3.63) is 29.8 Å². The highest BCUT2D eigenvalue weighted by Gasteiger charge is 2.30. The first-order valence-electron chi connectivity index (χ1n) is 7.32. The minimum Gasteiger partial charge on any atom is -0.371 e. The molecule has 1 aromatic rings. The number of nitrogens with zero attached hydrogens (tertiary/aromatic N) is 1. The molecule has 1 heterocycles. The Morgan fingerprint density at radius 2 is 1.76 bits per heavy atom. The van der Waals surface area contributed by atoms with Crippen molar-refractivity contribution in [3.8, 4) is 0 Å². The summed E-state index contributed by atoms with van der Waals surface area (Å²) in [5.41, 5.74) is 0.388. The van der Waals surface area contributed by atoms with Gasteiger partial charge in [-0.3, -0.25) is 0 Å². The van der Waals surface area contributed by atoms with Crippen LogP contribution < -0.4 is 10.2 Å². The van der Waals surface area contributed by atoms with Crippen LogP contribution >= 0.6 is 0 Å². The summed E-state index contributed by atoms with van der Waals surface area (Å²) >= 11 is 0. The fraction of sp³-hybridized carbons (Fsp3) is 0.625. The van der Waals surface area contributed by atoms with Gasteiger partial charge in [0.2, 0.25) is 0 Å². The van der Waals surface area contributed by atoms with Gasteiger partial charge in [-0.15, -0.1) is 0 Å². The van der Waals surface area contributed by atoms with E-state index in [1.165, 1.54) is 0 Å². The average Bonchev–Trinajstić information content (AvgIpc) is 2.83. The number of hydrogen-bond donors (Lipinski definition) is 1. The SMILES string of the molecule is CC(C)(C)NCC1CCN(c2ccc(C(F)(F)F)cc2)C1. The second-order valence-electron chi connectivity index (χ2n) is 6.78. The van der Waals surface area contributed by atoms with E-state index >= 15 is 0 Å². The molecule has 5 heteroatoms. The van der Waals surface area contributed by atoms with Gasteiger partial charge in [-0.25, -0.2) is 0 Å². The smallest absolute Gasteiger partial charge is 0.371 e. The zero-order valence-electron chi connectivity index (χ0n) is 12.8. The van der Waals surface area contributed by atoms with Gasteiger partial charge < -0.3 is 10.2 Å². The van der Waals surface area contributed by atoms with Crippen LogP contribution in [0.2, 0.25) is 0 Å². The molecule has 0 bridgehead atoms. The summed E-state index contributed by atoms with van der Waals surface area (Å²) in [7, 11) is 0. The molecule has 0 spiro atoms. The highest BCUT2D eigenvalue weighted by molar-refractivity contribution is 5.49. The van der Waals surface area contributed by atoms with E-state index in [4.69, 9.17) is 0 Å². The maximum Gasteiger partial charge on any atom is 0.416 e. The van der Waals surface area contributed by atoms with Crippen LogP contribution in [0.15, 0.2) is 24.3 Å². The summed E-state index contributed by atoms with van der Waals surface area (Å²) in [6.45, 7) is 9.15. The van der Waals surface area contributed by atoms with E-state index in [0.29, 0.717) is 5.92 Å². The second-order valence-corrected chi connectivity index (χ2v) is 6.78. The van der Waals surface area contributed by atoms with Crippen molar-refractivity contribution in [2.75, 3.05) is 24.5 Å². The van der Waals surface area contributed by atoms with Crippen molar-refractivity contribution in [2.24, 2.45) is 5.92 Å². The second kappa shape index (κ2) is 5.87. The molecule has 2 rings (SSSR count). The Kier molecular flexibility index (Phi) is 4.51. The van der Waals surface area contributed by atoms with Crippen LogP contribution in [-0.2, 0) is 6.18 Å². The highest BCUT2D eigenvalue weighted by Crippen LogP contribution is 2.31. The number of nitrogens with one attached hydrogen (secondary N) is 1. The molecule has 1 aliphatic heterocycles. The predicted octanol–water partition coefficient (Wildman–Crippen LogP) is 3.92. The molecular formula is C16H23F3N2. The molecule has 1 atom stereocenters. The third-order valence-corrected chi connectivity index (χ3v) is 3.77. The van der Waals surface area contributed by atoms with Crippen LogP contribution in [0.4, 0.5) is 18.9 Å². The van der Waals surface area contributed by atoms with Gasteiger partial charge in [-0.2, -0.15) is 13.2 Å². The summed E-state index contributed by atoms with van der Waals surface area (Å²) in [5, 5.41) is 3.49. The molecule has 0 radical (unpaired) electrons. The first-order valence-corrected chi connectivity index (χ1v) is 7.32. The van der Waals surface area contributed by atoms with Gasteiger partial charge in [-0.1, -0.05) is 0 Å². The maximum absolute atomic E-state index is 12.5. The quantitative estimate of drug-likeness (QED) is 0.910. The third kappa shape index (κ3) is 4.63. The largest absolute Gasteiger partial charge is 0.416 e. The maximum atomic E-state index is 12.5. The molecular weight excluding hydrogens is 277 g/mol. The molecule has 2 nitrogen and oxygen atoms in total. The first-order chi connectivity index (χ1) is 9.65. The number of halogens is 3. The summed E-state index contributed by atoms with van der Waals surface area (Å²) in [6, 6.07) is 5.47. The number of anilines is 1. The van der Waals surface area contributed by atoms with E-state index in [0.717, 1.165) is 43.9 Å². The molecule has 21 heavy (non-hydrogen) atoms. The Morgan fingerprint density at radius 1 is 1.14 bits per heavy atom. The van der Waals surface area contributed by atoms with Crippen LogP contribution in [0.5, 0.6) is 0 Å². The van der Waals surface area contributed by atoms with Crippen LogP contribution in [0.1, 0.15) is 32.8 Å². The van der Waals surface area contributed by atoms with Gasteiger partial charge >= 0.3 is 6.18 Å². The van der Waals surface area contributed by atoms with Gasteiger partial charge in [0.1, 0.15) is 0 Å². The Bertz CT molecular complexity index is 460. The summed E-state index contributed by atoms with van der Waals surface area (Å²) in [4.78, 5) is 2.16. The molecule has 1 fully saturated rings. The standard InChI is InChI=1S/C16H23F3N2/c1-15(2,3)20-10-12-8-9-21(11-12)14-6-4-13(5-7-14)16(17,18)19/h4-7,12,20H,8-11H2,1-3H3. The van der Waals surface area contributed by atoms with Gasteiger partial charge in [0.25, 0.3) is 0 Å². The zero-order valence-corrected chi connectivity index (χ0v) is 12.8. The third-order valence-electron chi connectivity index (χ3n) is 3.77. The molecule has 1 aliphatic rings. The molecule has 1 saturated heterocycles. The fourth-order valence-corrected chi connectivity index (χ4v) is 2.55. The molecule has 118 valence electrons. The molecule has 0 aromatic heterocycles. The Morgan fingerprint density at radius 3 is 2.29 bits per heavy atom. The first kappa shape index (κ1) is 16.1. The lowest BCUT2D eigenvalue weighted by atomic mass is 10.1. The van der Waals surface area contributed by atoms with Gasteiger partial charge in [0.05, 0.1) is 5.56 Å². The normalized spacial score (nSPS) is 20.1. The number of hydrogen-bond acceptors (Lipinski definition) is 2. The van der Waals surface area contributed by atoms with Crippen molar-refractivity contribution < 1.29 is 13.2 Å². The predicted molar refractivity (Wildman–Crippen MR) is 79.5 cm³/mol. The topological polar surface area (TPSA) is 15.3 Å². The van der Waals surface area contributed by atoms with E-state index in [2.05, 4.69) is 31.0 Å². The van der Waals surface area contributed by atoms with E-state index in [9.17, 15) is 13.2 Å². The zero-order chi connectivity index (χ0) is 15.7. The fourth-order valence-electron chi connectivity index (χ4n) is 2.55.